The standard InChI is InChI=1S/C21H16F6N2O2/c22-20(23,24)15-8-13(9-16(10-15)21(25,26)27)12-31-7-6-19(11-17(28)18(30)29-19)14-4-2-1-3-5-14/h1-5,8-10,17H,11-12,28H2,(H,29,30)/t17-,19?/m0/s1. The minimum Gasteiger partial charge on any atom is -0.442 e. The number of rotatable bonds is 3. The zero-order chi connectivity index (χ0) is 22.9. The highest BCUT2D eigenvalue weighted by Gasteiger charge is 2.43. The van der Waals surface area contributed by atoms with Crippen LogP contribution in [0.15, 0.2) is 48.5 Å². The van der Waals surface area contributed by atoms with Gasteiger partial charge < -0.3 is 15.8 Å². The first-order chi connectivity index (χ1) is 14.4. The third kappa shape index (κ3) is 5.11. The van der Waals surface area contributed by atoms with E-state index in [9.17, 15) is 31.1 Å². The molecule has 1 aliphatic heterocycles. The maximum atomic E-state index is 13.0. The van der Waals surface area contributed by atoms with Gasteiger partial charge in [-0.25, -0.2) is 0 Å². The van der Waals surface area contributed by atoms with Gasteiger partial charge in [-0.05, 0) is 35.2 Å². The van der Waals surface area contributed by atoms with Gasteiger partial charge in [0.15, 0.2) is 0 Å². The summed E-state index contributed by atoms with van der Waals surface area (Å²) in [6, 6.07) is 8.94. The second-order valence-corrected chi connectivity index (χ2v) is 7.00. The maximum Gasteiger partial charge on any atom is 0.416 e. The van der Waals surface area contributed by atoms with Crippen molar-refractivity contribution in [2.24, 2.45) is 5.73 Å². The first kappa shape index (κ1) is 22.5. The Kier molecular flexibility index (Phi) is 5.91. The highest BCUT2D eigenvalue weighted by Crippen LogP contribution is 2.36. The van der Waals surface area contributed by atoms with Crippen molar-refractivity contribution in [3.8, 4) is 12.0 Å². The summed E-state index contributed by atoms with van der Waals surface area (Å²) in [5, 5.41) is 2.68. The van der Waals surface area contributed by atoms with Crippen LogP contribution in [-0.2, 0) is 34.0 Å². The van der Waals surface area contributed by atoms with Crippen LogP contribution >= 0.6 is 0 Å². The topological polar surface area (TPSA) is 64.3 Å². The van der Waals surface area contributed by atoms with Crippen LogP contribution in [0.5, 0.6) is 0 Å². The smallest absolute Gasteiger partial charge is 0.416 e. The second kappa shape index (κ2) is 8.15. The molecule has 0 saturated carbocycles. The minimum atomic E-state index is -4.96. The van der Waals surface area contributed by atoms with E-state index in [1.807, 2.05) is 0 Å². The Morgan fingerprint density at radius 3 is 2.10 bits per heavy atom. The molecule has 1 fully saturated rings. The van der Waals surface area contributed by atoms with Crippen molar-refractivity contribution in [3.05, 3.63) is 70.8 Å². The summed E-state index contributed by atoms with van der Waals surface area (Å²) in [6.45, 7) is -0.620. The number of nitrogens with one attached hydrogen (secondary N) is 1. The number of benzene rings is 2. The number of amides is 1. The number of nitrogens with two attached hydrogens (primary N) is 1. The van der Waals surface area contributed by atoms with Gasteiger partial charge in [0.05, 0.1) is 17.2 Å². The summed E-state index contributed by atoms with van der Waals surface area (Å²) in [5.74, 6) is 2.26. The van der Waals surface area contributed by atoms with Crippen molar-refractivity contribution in [1.82, 2.24) is 5.32 Å². The van der Waals surface area contributed by atoms with E-state index < -0.39 is 47.6 Å². The Morgan fingerprint density at radius 1 is 1.03 bits per heavy atom. The van der Waals surface area contributed by atoms with Gasteiger partial charge in [-0.3, -0.25) is 4.79 Å². The largest absolute Gasteiger partial charge is 0.442 e. The monoisotopic (exact) mass is 442 g/mol. The van der Waals surface area contributed by atoms with Crippen LogP contribution in [0.3, 0.4) is 0 Å². The zero-order valence-electron chi connectivity index (χ0n) is 15.8. The van der Waals surface area contributed by atoms with Gasteiger partial charge in [0.2, 0.25) is 5.91 Å². The maximum absolute atomic E-state index is 13.0. The quantitative estimate of drug-likeness (QED) is 0.559. The van der Waals surface area contributed by atoms with E-state index in [0.29, 0.717) is 17.7 Å². The molecule has 31 heavy (non-hydrogen) atoms. The number of halogens is 6. The third-order valence-corrected chi connectivity index (χ3v) is 4.69. The van der Waals surface area contributed by atoms with Crippen LogP contribution in [-0.4, -0.2) is 11.9 Å². The number of alkyl halides is 6. The van der Waals surface area contributed by atoms with Crippen molar-refractivity contribution in [2.45, 2.75) is 37.0 Å². The normalized spacial score (nSPS) is 21.3. The first-order valence-corrected chi connectivity index (χ1v) is 8.96. The van der Waals surface area contributed by atoms with Gasteiger partial charge in [0.1, 0.15) is 18.3 Å². The average molecular weight is 442 g/mol. The van der Waals surface area contributed by atoms with Crippen LogP contribution in [0.1, 0.15) is 28.7 Å². The summed E-state index contributed by atoms with van der Waals surface area (Å²) in [4.78, 5) is 11.9. The molecule has 1 heterocycles. The molecule has 2 atom stereocenters. The van der Waals surface area contributed by atoms with Crippen LogP contribution < -0.4 is 11.1 Å². The van der Waals surface area contributed by atoms with Crippen molar-refractivity contribution >= 4 is 5.91 Å². The molecule has 164 valence electrons. The highest BCUT2D eigenvalue weighted by molar-refractivity contribution is 5.86. The minimum absolute atomic E-state index is 0.0367. The molecule has 0 aromatic heterocycles. The van der Waals surface area contributed by atoms with Gasteiger partial charge in [0.25, 0.3) is 0 Å². The average Bonchev–Trinajstić information content (AvgIpc) is 2.99. The van der Waals surface area contributed by atoms with Crippen molar-refractivity contribution in [2.75, 3.05) is 0 Å². The zero-order valence-corrected chi connectivity index (χ0v) is 15.8. The molecule has 2 aromatic carbocycles. The molecule has 0 radical (unpaired) electrons. The predicted molar refractivity (Wildman–Crippen MR) is 97.9 cm³/mol. The lowest BCUT2D eigenvalue weighted by Crippen LogP contribution is -2.38. The van der Waals surface area contributed by atoms with E-state index in [1.54, 1.807) is 30.3 Å². The number of hydrogen-bond acceptors (Lipinski definition) is 3. The first-order valence-electron chi connectivity index (χ1n) is 8.96. The molecule has 0 spiro atoms. The fourth-order valence-electron chi connectivity index (χ4n) is 3.19. The summed E-state index contributed by atoms with van der Waals surface area (Å²) < 4.78 is 82.8. The molecule has 1 unspecified atom stereocenters. The summed E-state index contributed by atoms with van der Waals surface area (Å²) >= 11 is 0. The number of ether oxygens (including phenoxy) is 1. The van der Waals surface area contributed by atoms with E-state index >= 15 is 0 Å². The van der Waals surface area contributed by atoms with Crippen LogP contribution in [0.4, 0.5) is 26.3 Å². The number of carbonyl (C=O) groups is 1. The molecule has 0 aliphatic carbocycles. The molecule has 3 rings (SSSR count). The lowest BCUT2D eigenvalue weighted by molar-refractivity contribution is -0.143. The fraction of sp³-hybridized carbons (Fsp3) is 0.286. The van der Waals surface area contributed by atoms with E-state index in [1.165, 1.54) is 0 Å². The molecule has 2 aromatic rings. The van der Waals surface area contributed by atoms with E-state index in [4.69, 9.17) is 10.5 Å². The van der Waals surface area contributed by atoms with Gasteiger partial charge in [-0.15, -0.1) is 0 Å². The van der Waals surface area contributed by atoms with Crippen LogP contribution in [0.2, 0.25) is 0 Å². The van der Waals surface area contributed by atoms with Gasteiger partial charge >= 0.3 is 12.4 Å². The molecule has 1 aliphatic rings. The summed E-state index contributed by atoms with van der Waals surface area (Å²) in [5.41, 5.74) is 1.97. The molecule has 10 heteroatoms. The lowest BCUT2D eigenvalue weighted by atomic mass is 9.88. The molecule has 4 nitrogen and oxygen atoms in total. The Hall–Kier alpha value is -3.19. The Labute approximate surface area is 173 Å². The third-order valence-electron chi connectivity index (χ3n) is 4.69. The molecular formula is C21H16F6N2O2. The van der Waals surface area contributed by atoms with E-state index in [0.717, 1.165) is 0 Å². The van der Waals surface area contributed by atoms with Gasteiger partial charge in [-0.2, -0.15) is 26.3 Å². The Bertz CT molecular complexity index is 992. The molecular weight excluding hydrogens is 426 g/mol. The van der Waals surface area contributed by atoms with Gasteiger partial charge in [-0.1, -0.05) is 30.3 Å². The number of carbonyl (C=O) groups excluding carboxylic acids is 1. The van der Waals surface area contributed by atoms with E-state index in [-0.39, 0.29) is 18.1 Å². The SMILES string of the molecule is N[C@H]1CC(C#COCc2cc(C(F)(F)F)cc(C(F)(F)F)c2)(c2ccccc2)NC1=O. The molecule has 1 saturated heterocycles. The van der Waals surface area contributed by atoms with Crippen LogP contribution in [0.25, 0.3) is 0 Å². The van der Waals surface area contributed by atoms with Gasteiger partial charge in [0, 0.05) is 6.42 Å². The molecule has 0 bridgehead atoms. The van der Waals surface area contributed by atoms with Crippen LogP contribution in [0, 0.1) is 12.0 Å². The number of hydrogen-bond donors (Lipinski definition) is 2. The Balaban J connectivity index is 1.85. The van der Waals surface area contributed by atoms with E-state index in [2.05, 4.69) is 17.3 Å². The van der Waals surface area contributed by atoms with Crippen molar-refractivity contribution in [3.63, 3.8) is 0 Å². The molecule has 1 amide bonds. The Morgan fingerprint density at radius 2 is 1.61 bits per heavy atom. The lowest BCUT2D eigenvalue weighted by Gasteiger charge is -2.23. The van der Waals surface area contributed by atoms with Crippen molar-refractivity contribution < 1.29 is 35.9 Å². The molecule has 3 N–H and O–H groups in total. The summed E-state index contributed by atoms with van der Waals surface area (Å²) in [6.07, 6.45) is -7.50. The van der Waals surface area contributed by atoms with Crippen molar-refractivity contribution in [1.29, 1.82) is 0 Å². The predicted octanol–water partition coefficient (Wildman–Crippen LogP) is 3.94. The summed E-state index contributed by atoms with van der Waals surface area (Å²) in [7, 11) is 0. The fourth-order valence-corrected chi connectivity index (χ4v) is 3.19. The highest BCUT2D eigenvalue weighted by atomic mass is 19.4. The second-order valence-electron chi connectivity index (χ2n) is 7.00.